The molecule has 1 saturated heterocycles. The van der Waals surface area contributed by atoms with Crippen LogP contribution in [0.15, 0.2) is 54.2 Å². The second kappa shape index (κ2) is 7.88. The van der Waals surface area contributed by atoms with Gasteiger partial charge >= 0.3 is 0 Å². The van der Waals surface area contributed by atoms with E-state index in [1.807, 2.05) is 35.7 Å². The molecule has 4 heterocycles. The molecule has 29 heavy (non-hydrogen) atoms. The summed E-state index contributed by atoms with van der Waals surface area (Å²) in [6, 6.07) is 12.0. The van der Waals surface area contributed by atoms with Crippen LogP contribution in [0.5, 0.6) is 0 Å². The Morgan fingerprint density at radius 3 is 2.97 bits per heavy atom. The third kappa shape index (κ3) is 3.86. The second-order valence-electron chi connectivity index (χ2n) is 7.02. The van der Waals surface area contributed by atoms with Gasteiger partial charge in [-0.15, -0.1) is 11.3 Å². The molecular weight excluding hydrogens is 402 g/mol. The van der Waals surface area contributed by atoms with Crippen molar-refractivity contribution in [3.63, 3.8) is 0 Å². The number of para-hydroxylation sites is 1. The summed E-state index contributed by atoms with van der Waals surface area (Å²) < 4.78 is 1.18. The van der Waals surface area contributed by atoms with E-state index in [2.05, 4.69) is 26.3 Å². The minimum atomic E-state index is -0.0681. The maximum absolute atomic E-state index is 12.9. The predicted molar refractivity (Wildman–Crippen MR) is 119 cm³/mol. The summed E-state index contributed by atoms with van der Waals surface area (Å²) in [4.78, 5) is 28.5. The summed E-state index contributed by atoms with van der Waals surface area (Å²) in [5, 5.41) is 6.58. The molecule has 1 atom stereocenters. The van der Waals surface area contributed by atoms with E-state index < -0.39 is 0 Å². The van der Waals surface area contributed by atoms with E-state index in [0.29, 0.717) is 11.7 Å². The van der Waals surface area contributed by atoms with Crippen molar-refractivity contribution in [2.75, 3.05) is 23.3 Å². The molecule has 0 bridgehead atoms. The van der Waals surface area contributed by atoms with Gasteiger partial charge in [-0.1, -0.05) is 23.5 Å². The van der Waals surface area contributed by atoms with Gasteiger partial charge in [0.05, 0.1) is 21.8 Å². The van der Waals surface area contributed by atoms with Gasteiger partial charge < -0.3 is 10.2 Å². The van der Waals surface area contributed by atoms with Crippen molar-refractivity contribution in [3.8, 4) is 11.3 Å². The molecule has 0 aliphatic carbocycles. The Hall–Kier alpha value is -2.84. The number of hydrogen-bond acceptors (Lipinski definition) is 7. The number of piperidine rings is 1. The third-order valence-electron chi connectivity index (χ3n) is 5.04. The number of benzene rings is 1. The van der Waals surface area contributed by atoms with Gasteiger partial charge in [-0.3, -0.25) is 9.78 Å². The fraction of sp³-hybridized carbons (Fsp3) is 0.238. The fourth-order valence-corrected chi connectivity index (χ4v) is 5.27. The lowest BCUT2D eigenvalue weighted by atomic mass is 9.97. The molecule has 0 spiro atoms. The molecule has 1 N–H and O–H groups in total. The Balaban J connectivity index is 1.27. The van der Waals surface area contributed by atoms with Crippen molar-refractivity contribution >= 4 is 49.1 Å². The van der Waals surface area contributed by atoms with Crippen molar-refractivity contribution in [1.82, 2.24) is 15.0 Å². The number of nitrogens with one attached hydrogen (secondary N) is 1. The van der Waals surface area contributed by atoms with E-state index in [1.54, 1.807) is 23.7 Å². The number of carbonyl (C=O) groups is 1. The summed E-state index contributed by atoms with van der Waals surface area (Å²) >= 11 is 3.13. The smallest absolute Gasteiger partial charge is 0.231 e. The molecule has 0 saturated carbocycles. The Morgan fingerprint density at radius 1 is 1.17 bits per heavy atom. The molecule has 0 radical (unpaired) electrons. The Labute approximate surface area is 176 Å². The first-order valence-electron chi connectivity index (χ1n) is 9.53. The summed E-state index contributed by atoms with van der Waals surface area (Å²) in [5.41, 5.74) is 2.80. The molecule has 3 aromatic heterocycles. The number of anilines is 2. The van der Waals surface area contributed by atoms with Crippen LogP contribution in [0.2, 0.25) is 0 Å². The largest absolute Gasteiger partial charge is 0.347 e. The highest BCUT2D eigenvalue weighted by atomic mass is 32.1. The summed E-state index contributed by atoms with van der Waals surface area (Å²) in [6.45, 7) is 1.62. The van der Waals surface area contributed by atoms with Gasteiger partial charge in [-0.2, -0.15) is 0 Å². The number of fused-ring (bicyclic) bond motifs is 1. The molecule has 1 unspecified atom stereocenters. The zero-order valence-corrected chi connectivity index (χ0v) is 17.2. The molecular formula is C21H19N5OS2. The molecule has 5 rings (SSSR count). The van der Waals surface area contributed by atoms with Gasteiger partial charge in [0.2, 0.25) is 5.91 Å². The van der Waals surface area contributed by atoms with E-state index >= 15 is 0 Å². The van der Waals surface area contributed by atoms with E-state index in [1.165, 1.54) is 16.0 Å². The topological polar surface area (TPSA) is 71.0 Å². The molecule has 6 nitrogen and oxygen atoms in total. The van der Waals surface area contributed by atoms with Crippen LogP contribution in [-0.4, -0.2) is 33.9 Å². The van der Waals surface area contributed by atoms with Crippen LogP contribution < -0.4 is 10.2 Å². The van der Waals surface area contributed by atoms with Crippen LogP contribution in [0.25, 0.3) is 21.5 Å². The highest BCUT2D eigenvalue weighted by Gasteiger charge is 2.28. The normalized spacial score (nSPS) is 16.8. The predicted octanol–water partition coefficient (Wildman–Crippen LogP) is 4.67. The third-order valence-corrected chi connectivity index (χ3v) is 6.89. The van der Waals surface area contributed by atoms with Gasteiger partial charge in [-0.25, -0.2) is 9.97 Å². The van der Waals surface area contributed by atoms with Gasteiger partial charge in [-0.05, 0) is 37.1 Å². The maximum atomic E-state index is 12.9. The monoisotopic (exact) mass is 421 g/mol. The van der Waals surface area contributed by atoms with Crippen molar-refractivity contribution in [2.24, 2.45) is 5.92 Å². The summed E-state index contributed by atoms with van der Waals surface area (Å²) in [5.74, 6) is -0.0376. The molecule has 4 aromatic rings. The zero-order valence-electron chi connectivity index (χ0n) is 15.6. The summed E-state index contributed by atoms with van der Waals surface area (Å²) in [7, 11) is 0. The van der Waals surface area contributed by atoms with E-state index in [0.717, 1.165) is 41.3 Å². The maximum Gasteiger partial charge on any atom is 0.231 e. The number of pyridine rings is 1. The average Bonchev–Trinajstić information content (AvgIpc) is 3.41. The van der Waals surface area contributed by atoms with Crippen LogP contribution in [0.4, 0.5) is 10.3 Å². The molecule has 1 amide bonds. The van der Waals surface area contributed by atoms with Crippen molar-refractivity contribution in [3.05, 3.63) is 54.2 Å². The lowest BCUT2D eigenvalue weighted by Gasteiger charge is -2.31. The molecule has 8 heteroatoms. The molecule has 1 fully saturated rings. The first-order chi connectivity index (χ1) is 14.3. The minimum absolute atomic E-state index is 0.0305. The second-order valence-corrected chi connectivity index (χ2v) is 8.89. The number of amides is 1. The molecule has 1 aliphatic rings. The minimum Gasteiger partial charge on any atom is -0.347 e. The number of rotatable bonds is 4. The lowest BCUT2D eigenvalue weighted by Crippen LogP contribution is -2.40. The van der Waals surface area contributed by atoms with Gasteiger partial charge in [0.1, 0.15) is 0 Å². The Morgan fingerprint density at radius 2 is 2.10 bits per heavy atom. The van der Waals surface area contributed by atoms with Gasteiger partial charge in [0, 0.05) is 36.4 Å². The highest BCUT2D eigenvalue weighted by Crippen LogP contribution is 2.32. The first-order valence-corrected chi connectivity index (χ1v) is 11.2. The number of aromatic nitrogens is 3. The van der Waals surface area contributed by atoms with Crippen LogP contribution in [0.3, 0.4) is 0 Å². The zero-order chi connectivity index (χ0) is 19.6. The van der Waals surface area contributed by atoms with Crippen molar-refractivity contribution in [1.29, 1.82) is 0 Å². The molecule has 146 valence electrons. The Kier molecular flexibility index (Phi) is 4.95. The Bertz CT molecular complexity index is 1110. The lowest BCUT2D eigenvalue weighted by molar-refractivity contribution is -0.120. The number of carbonyl (C=O) groups excluding carboxylic acids is 1. The van der Waals surface area contributed by atoms with Crippen LogP contribution in [0.1, 0.15) is 12.8 Å². The average molecular weight is 422 g/mol. The molecule has 1 aromatic carbocycles. The van der Waals surface area contributed by atoms with Gasteiger partial charge in [0.15, 0.2) is 10.3 Å². The van der Waals surface area contributed by atoms with E-state index in [-0.39, 0.29) is 11.8 Å². The SMILES string of the molecule is O=C(Nc1nc(-c2cccnc2)cs1)C1CCCN(c2nc3ccccc3s2)C1. The number of nitrogens with zero attached hydrogens (tertiary/aromatic N) is 4. The number of thiazole rings is 2. The standard InChI is InChI=1S/C21H19N5OS2/c27-19(25-20-23-17(13-28-20)14-5-3-9-22-11-14)15-6-4-10-26(12-15)21-24-16-7-1-2-8-18(16)29-21/h1-3,5,7-9,11,13,15H,4,6,10,12H2,(H,23,25,27). The van der Waals surface area contributed by atoms with E-state index in [9.17, 15) is 4.79 Å². The first kappa shape index (κ1) is 18.2. The molecule has 1 aliphatic heterocycles. The fourth-order valence-electron chi connectivity index (χ4n) is 3.55. The highest BCUT2D eigenvalue weighted by molar-refractivity contribution is 7.22. The van der Waals surface area contributed by atoms with Crippen LogP contribution >= 0.6 is 22.7 Å². The quantitative estimate of drug-likeness (QED) is 0.518. The summed E-state index contributed by atoms with van der Waals surface area (Å²) in [6.07, 6.45) is 5.37. The number of hydrogen-bond donors (Lipinski definition) is 1. The van der Waals surface area contributed by atoms with Crippen molar-refractivity contribution in [2.45, 2.75) is 12.8 Å². The van der Waals surface area contributed by atoms with Crippen LogP contribution in [-0.2, 0) is 4.79 Å². The van der Waals surface area contributed by atoms with Crippen molar-refractivity contribution < 1.29 is 4.79 Å². The van der Waals surface area contributed by atoms with Crippen LogP contribution in [0, 0.1) is 5.92 Å². The van der Waals surface area contributed by atoms with Gasteiger partial charge in [0.25, 0.3) is 0 Å². The van der Waals surface area contributed by atoms with E-state index in [4.69, 9.17) is 4.98 Å².